The fourth-order valence-electron chi connectivity index (χ4n) is 0.583. The van der Waals surface area contributed by atoms with Gasteiger partial charge in [-0.15, -0.1) is 0 Å². The summed E-state index contributed by atoms with van der Waals surface area (Å²) in [5.41, 5.74) is 0. The largest absolute Gasteiger partial charge is 0.261 e. The minimum absolute atomic E-state index is 0.136. The number of rotatable bonds is 1. The summed E-state index contributed by atoms with van der Waals surface area (Å²) >= 11 is 0. The number of hydrogen-bond acceptors (Lipinski definition) is 2. The van der Waals surface area contributed by atoms with Gasteiger partial charge in [0.2, 0.25) is 0 Å². The summed E-state index contributed by atoms with van der Waals surface area (Å²) in [6.45, 7) is 8.00. The molecule has 0 aliphatic carbocycles. The van der Waals surface area contributed by atoms with Crippen LogP contribution in [0.1, 0.15) is 27.7 Å². The van der Waals surface area contributed by atoms with Gasteiger partial charge in [-0.1, -0.05) is 45.9 Å². The predicted molar refractivity (Wildman–Crippen MR) is 62.2 cm³/mol. The first-order chi connectivity index (χ1) is 6.61. The maximum Gasteiger partial charge on any atom is 0.261 e. The standard InChI is InChI=1S/C6H5ClO2S.2C2H6/c7-10(8,9)6-4-2-1-3-5-6;2*1-2/h1-5H;2*1-2H3. The lowest BCUT2D eigenvalue weighted by Crippen LogP contribution is -1.87. The molecule has 0 aliphatic heterocycles. The Kier molecular flexibility index (Phi) is 10.3. The molecule has 1 aromatic carbocycles. The van der Waals surface area contributed by atoms with E-state index >= 15 is 0 Å². The molecule has 0 spiro atoms. The van der Waals surface area contributed by atoms with Gasteiger partial charge in [-0.2, -0.15) is 0 Å². The van der Waals surface area contributed by atoms with Crippen LogP contribution < -0.4 is 0 Å². The molecule has 0 saturated heterocycles. The van der Waals surface area contributed by atoms with E-state index in [1.807, 2.05) is 27.7 Å². The molecule has 0 aliphatic rings. The van der Waals surface area contributed by atoms with Crippen LogP contribution in [0.5, 0.6) is 0 Å². The number of hydrogen-bond donors (Lipinski definition) is 0. The van der Waals surface area contributed by atoms with Crippen LogP contribution in [0.4, 0.5) is 0 Å². The van der Waals surface area contributed by atoms with Gasteiger partial charge in [-0.3, -0.25) is 0 Å². The van der Waals surface area contributed by atoms with Crippen LogP contribution in [0.25, 0.3) is 0 Å². The van der Waals surface area contributed by atoms with Crippen LogP contribution in [0.15, 0.2) is 35.2 Å². The molecule has 14 heavy (non-hydrogen) atoms. The van der Waals surface area contributed by atoms with E-state index in [-0.39, 0.29) is 4.90 Å². The topological polar surface area (TPSA) is 34.1 Å². The molecule has 0 radical (unpaired) electrons. The molecule has 1 aromatic rings. The first-order valence-electron chi connectivity index (χ1n) is 4.60. The summed E-state index contributed by atoms with van der Waals surface area (Å²) in [5.74, 6) is 0. The minimum Gasteiger partial charge on any atom is -0.207 e. The highest BCUT2D eigenvalue weighted by atomic mass is 35.7. The third-order valence-corrected chi connectivity index (χ3v) is 2.39. The van der Waals surface area contributed by atoms with Gasteiger partial charge in [0.25, 0.3) is 9.05 Å². The van der Waals surface area contributed by atoms with Crippen molar-refractivity contribution in [3.63, 3.8) is 0 Å². The average Bonchev–Trinajstić information content (AvgIpc) is 2.24. The first kappa shape index (κ1) is 15.9. The van der Waals surface area contributed by atoms with Crippen LogP contribution in [-0.2, 0) is 9.05 Å². The van der Waals surface area contributed by atoms with Crippen molar-refractivity contribution in [1.29, 1.82) is 0 Å². The second kappa shape index (κ2) is 9.03. The summed E-state index contributed by atoms with van der Waals surface area (Å²) < 4.78 is 21.2. The summed E-state index contributed by atoms with van der Waals surface area (Å²) in [4.78, 5) is 0.136. The van der Waals surface area contributed by atoms with E-state index in [1.54, 1.807) is 18.2 Å². The van der Waals surface area contributed by atoms with Crippen molar-refractivity contribution < 1.29 is 8.42 Å². The lowest BCUT2D eigenvalue weighted by atomic mass is 10.4. The van der Waals surface area contributed by atoms with E-state index in [9.17, 15) is 8.42 Å². The maximum absolute atomic E-state index is 10.6. The molecular weight excluding hydrogens is 220 g/mol. The predicted octanol–water partition coefficient (Wildman–Crippen LogP) is 3.67. The smallest absolute Gasteiger partial charge is 0.207 e. The molecule has 0 heterocycles. The molecule has 0 bridgehead atoms. The molecular formula is C10H17ClO2S. The van der Waals surface area contributed by atoms with Gasteiger partial charge in [-0.05, 0) is 12.1 Å². The van der Waals surface area contributed by atoms with Crippen LogP contribution in [-0.4, -0.2) is 8.42 Å². The molecule has 0 saturated carbocycles. The molecule has 2 nitrogen and oxygen atoms in total. The Morgan fingerprint density at radius 2 is 1.29 bits per heavy atom. The second-order valence-corrected chi connectivity index (χ2v) is 4.32. The van der Waals surface area contributed by atoms with Crippen LogP contribution in [0.2, 0.25) is 0 Å². The van der Waals surface area contributed by atoms with E-state index in [1.165, 1.54) is 12.1 Å². The fraction of sp³-hybridized carbons (Fsp3) is 0.400. The Balaban J connectivity index is 0. The molecule has 0 atom stereocenters. The molecule has 0 unspecified atom stereocenters. The van der Waals surface area contributed by atoms with Crippen LogP contribution >= 0.6 is 10.7 Å². The normalized spacial score (nSPS) is 8.93. The highest BCUT2D eigenvalue weighted by Gasteiger charge is 2.06. The highest BCUT2D eigenvalue weighted by molar-refractivity contribution is 8.13. The van der Waals surface area contributed by atoms with E-state index in [0.29, 0.717) is 0 Å². The Hall–Kier alpha value is -0.540. The summed E-state index contributed by atoms with van der Waals surface area (Å²) in [6, 6.07) is 7.86. The van der Waals surface area contributed by atoms with Crippen molar-refractivity contribution in [2.75, 3.05) is 0 Å². The fourth-order valence-corrected chi connectivity index (χ4v) is 1.37. The Morgan fingerprint density at radius 1 is 0.929 bits per heavy atom. The Labute approximate surface area is 91.3 Å². The Morgan fingerprint density at radius 3 is 1.50 bits per heavy atom. The van der Waals surface area contributed by atoms with E-state index < -0.39 is 9.05 Å². The summed E-state index contributed by atoms with van der Waals surface area (Å²) in [5, 5.41) is 0. The molecule has 0 N–H and O–H groups in total. The minimum atomic E-state index is -3.53. The zero-order valence-electron chi connectivity index (χ0n) is 8.99. The summed E-state index contributed by atoms with van der Waals surface area (Å²) in [6.07, 6.45) is 0. The van der Waals surface area contributed by atoms with Gasteiger partial charge in [-0.25, -0.2) is 8.42 Å². The first-order valence-corrected chi connectivity index (χ1v) is 6.91. The Bertz CT molecular complexity index is 306. The molecule has 0 fully saturated rings. The third-order valence-electron chi connectivity index (χ3n) is 1.02. The van der Waals surface area contributed by atoms with Gasteiger partial charge in [0.15, 0.2) is 0 Å². The van der Waals surface area contributed by atoms with E-state index in [2.05, 4.69) is 0 Å². The number of benzene rings is 1. The van der Waals surface area contributed by atoms with Gasteiger partial charge in [0, 0.05) is 10.7 Å². The lowest BCUT2D eigenvalue weighted by molar-refractivity contribution is 0.609. The highest BCUT2D eigenvalue weighted by Crippen LogP contribution is 2.12. The van der Waals surface area contributed by atoms with Crippen molar-refractivity contribution in [2.45, 2.75) is 32.6 Å². The quantitative estimate of drug-likeness (QED) is 0.698. The van der Waals surface area contributed by atoms with Crippen molar-refractivity contribution in [3.8, 4) is 0 Å². The van der Waals surface area contributed by atoms with Crippen molar-refractivity contribution >= 4 is 19.7 Å². The molecule has 0 amide bonds. The van der Waals surface area contributed by atoms with Gasteiger partial charge >= 0.3 is 0 Å². The SMILES string of the molecule is CC.CC.O=S(=O)(Cl)c1ccccc1. The van der Waals surface area contributed by atoms with Crippen molar-refractivity contribution in [3.05, 3.63) is 30.3 Å². The average molecular weight is 237 g/mol. The molecule has 82 valence electrons. The lowest BCUT2D eigenvalue weighted by Gasteiger charge is -1.91. The molecule has 1 rings (SSSR count). The third kappa shape index (κ3) is 6.92. The monoisotopic (exact) mass is 236 g/mol. The number of halogens is 1. The van der Waals surface area contributed by atoms with Gasteiger partial charge in [0.05, 0.1) is 4.90 Å². The van der Waals surface area contributed by atoms with Gasteiger partial charge < -0.3 is 0 Å². The van der Waals surface area contributed by atoms with E-state index in [4.69, 9.17) is 10.7 Å². The van der Waals surface area contributed by atoms with Gasteiger partial charge in [0.1, 0.15) is 0 Å². The zero-order chi connectivity index (χ0) is 11.6. The zero-order valence-corrected chi connectivity index (χ0v) is 10.6. The summed E-state index contributed by atoms with van der Waals surface area (Å²) in [7, 11) is 1.50. The van der Waals surface area contributed by atoms with Crippen molar-refractivity contribution in [1.82, 2.24) is 0 Å². The van der Waals surface area contributed by atoms with E-state index in [0.717, 1.165) is 0 Å². The molecule has 0 aromatic heterocycles. The molecule has 4 heteroatoms. The van der Waals surface area contributed by atoms with Crippen LogP contribution in [0.3, 0.4) is 0 Å². The van der Waals surface area contributed by atoms with Crippen LogP contribution in [0, 0.1) is 0 Å². The second-order valence-electron chi connectivity index (χ2n) is 1.75. The van der Waals surface area contributed by atoms with Crippen molar-refractivity contribution in [2.24, 2.45) is 0 Å². The maximum atomic E-state index is 10.6.